The third-order valence-corrected chi connectivity index (χ3v) is 5.23. The molecule has 1 aliphatic rings. The summed E-state index contributed by atoms with van der Waals surface area (Å²) >= 11 is 7.39. The maximum atomic E-state index is 12.1. The van der Waals surface area contributed by atoms with Gasteiger partial charge in [0.15, 0.2) is 0 Å². The van der Waals surface area contributed by atoms with Gasteiger partial charge in [0.25, 0.3) is 0 Å². The van der Waals surface area contributed by atoms with E-state index in [9.17, 15) is 9.59 Å². The minimum absolute atomic E-state index is 0.0188. The van der Waals surface area contributed by atoms with E-state index in [0.717, 1.165) is 32.6 Å². The highest BCUT2D eigenvalue weighted by Crippen LogP contribution is 2.29. The highest BCUT2D eigenvalue weighted by atomic mass is 35.5. The lowest BCUT2D eigenvalue weighted by atomic mass is 10.0. The lowest BCUT2D eigenvalue weighted by Gasteiger charge is -2.26. The molecule has 0 saturated heterocycles. The summed E-state index contributed by atoms with van der Waals surface area (Å²) in [5, 5.41) is 2.92. The molecule has 120 valence electrons. The first-order valence-corrected chi connectivity index (χ1v) is 8.66. The fourth-order valence-electron chi connectivity index (χ4n) is 2.68. The number of fused-ring (bicyclic) bond motifs is 1. The van der Waals surface area contributed by atoms with Crippen molar-refractivity contribution in [3.8, 4) is 0 Å². The fraction of sp³-hybridized carbons (Fsp3) is 0.294. The van der Waals surface area contributed by atoms with Crippen molar-refractivity contribution in [2.75, 3.05) is 17.3 Å². The minimum Gasteiger partial charge on any atom is -0.326 e. The topological polar surface area (TPSA) is 49.4 Å². The van der Waals surface area contributed by atoms with Crippen LogP contribution in [0, 0.1) is 0 Å². The van der Waals surface area contributed by atoms with Crippen LogP contribution in [0.4, 0.5) is 11.4 Å². The Morgan fingerprint density at radius 3 is 2.87 bits per heavy atom. The molecule has 0 atom stereocenters. The smallest absolute Gasteiger partial charge is 0.227 e. The van der Waals surface area contributed by atoms with Crippen LogP contribution in [-0.4, -0.2) is 18.9 Å². The second-order valence-corrected chi connectivity index (χ2v) is 7.35. The number of nitrogens with one attached hydrogen (secondary N) is 1. The van der Waals surface area contributed by atoms with Gasteiger partial charge in [-0.2, -0.15) is 0 Å². The van der Waals surface area contributed by atoms with Gasteiger partial charge in [0.1, 0.15) is 0 Å². The van der Waals surface area contributed by atoms with Gasteiger partial charge in [0.2, 0.25) is 11.8 Å². The molecular formula is C17H17ClN2O2S. The number of amides is 2. The summed E-state index contributed by atoms with van der Waals surface area (Å²) in [6.45, 7) is 0. The zero-order chi connectivity index (χ0) is 16.4. The molecule has 0 fully saturated rings. The Balaban J connectivity index is 1.62. The normalized spacial score (nSPS) is 13.8. The Morgan fingerprint density at radius 2 is 2.13 bits per heavy atom. The number of halogens is 1. The molecule has 1 aromatic carbocycles. The maximum absolute atomic E-state index is 12.1. The van der Waals surface area contributed by atoms with Gasteiger partial charge >= 0.3 is 0 Å². The predicted molar refractivity (Wildman–Crippen MR) is 94.5 cm³/mol. The van der Waals surface area contributed by atoms with E-state index in [1.165, 1.54) is 11.3 Å². The first-order chi connectivity index (χ1) is 11.0. The first-order valence-electron chi connectivity index (χ1n) is 7.46. The van der Waals surface area contributed by atoms with E-state index in [4.69, 9.17) is 11.6 Å². The lowest BCUT2D eigenvalue weighted by molar-refractivity contribution is -0.118. The third kappa shape index (κ3) is 3.74. The molecule has 1 aliphatic heterocycles. The van der Waals surface area contributed by atoms with Crippen LogP contribution in [0.3, 0.4) is 0 Å². The summed E-state index contributed by atoms with van der Waals surface area (Å²) in [5.74, 6) is 0.110. The molecule has 0 unspecified atom stereocenters. The highest BCUT2D eigenvalue weighted by Gasteiger charge is 2.20. The third-order valence-electron chi connectivity index (χ3n) is 3.93. The van der Waals surface area contributed by atoms with E-state index in [0.29, 0.717) is 19.3 Å². The van der Waals surface area contributed by atoms with Gasteiger partial charge in [-0.15, -0.1) is 11.3 Å². The average Bonchev–Trinajstić information content (AvgIpc) is 2.95. The standard InChI is InChI=1S/C17H17ClN2O2S/c1-20-14-6-3-12(10-11(14)2-9-17(20)22)19-16(21)8-5-13-4-7-15(18)23-13/h3-4,6-7,10H,2,5,8-9H2,1H3,(H,19,21). The summed E-state index contributed by atoms with van der Waals surface area (Å²) in [6.07, 6.45) is 2.34. The van der Waals surface area contributed by atoms with Crippen molar-refractivity contribution < 1.29 is 9.59 Å². The van der Waals surface area contributed by atoms with Gasteiger partial charge < -0.3 is 10.2 Å². The maximum Gasteiger partial charge on any atom is 0.227 e. The molecule has 4 nitrogen and oxygen atoms in total. The first kappa shape index (κ1) is 16.0. The molecule has 3 rings (SSSR count). The molecule has 1 N–H and O–H groups in total. The van der Waals surface area contributed by atoms with E-state index in [1.54, 1.807) is 11.9 Å². The summed E-state index contributed by atoms with van der Waals surface area (Å²) in [5.41, 5.74) is 2.79. The van der Waals surface area contributed by atoms with E-state index in [-0.39, 0.29) is 11.8 Å². The molecule has 0 saturated carbocycles. The molecule has 2 aromatic rings. The van der Waals surface area contributed by atoms with E-state index in [2.05, 4.69) is 5.32 Å². The van der Waals surface area contributed by atoms with Crippen molar-refractivity contribution in [3.05, 3.63) is 45.1 Å². The van der Waals surface area contributed by atoms with Gasteiger partial charge in [-0.3, -0.25) is 9.59 Å². The number of hydrogen-bond acceptors (Lipinski definition) is 3. The fourth-order valence-corrected chi connectivity index (χ4v) is 3.77. The number of rotatable bonds is 4. The number of aryl methyl sites for hydroxylation is 2. The SMILES string of the molecule is CN1C(=O)CCc2cc(NC(=O)CCc3ccc(Cl)s3)ccc21. The van der Waals surface area contributed by atoms with Crippen LogP contribution >= 0.6 is 22.9 Å². The molecule has 0 aliphatic carbocycles. The Labute approximate surface area is 144 Å². The van der Waals surface area contributed by atoms with Crippen molar-refractivity contribution in [1.82, 2.24) is 0 Å². The van der Waals surface area contributed by atoms with Crippen molar-refractivity contribution in [1.29, 1.82) is 0 Å². The second-order valence-electron chi connectivity index (χ2n) is 5.55. The van der Waals surface area contributed by atoms with E-state index < -0.39 is 0 Å². The Hall–Kier alpha value is -1.85. The van der Waals surface area contributed by atoms with Crippen molar-refractivity contribution >= 4 is 46.1 Å². The molecule has 1 aromatic heterocycles. The Bertz CT molecular complexity index is 757. The zero-order valence-electron chi connectivity index (χ0n) is 12.8. The van der Waals surface area contributed by atoms with Gasteiger partial charge in [-0.05, 0) is 48.7 Å². The molecule has 23 heavy (non-hydrogen) atoms. The predicted octanol–water partition coefficient (Wildman–Crippen LogP) is 3.88. The number of nitrogens with zero attached hydrogens (tertiary/aromatic N) is 1. The Kier molecular flexibility index (Phi) is 4.68. The van der Waals surface area contributed by atoms with Crippen molar-refractivity contribution in [3.63, 3.8) is 0 Å². The molecule has 0 bridgehead atoms. The van der Waals surface area contributed by atoms with Crippen LogP contribution in [0.2, 0.25) is 4.34 Å². The second kappa shape index (κ2) is 6.72. The molecule has 2 heterocycles. The van der Waals surface area contributed by atoms with Crippen molar-refractivity contribution in [2.45, 2.75) is 25.7 Å². The number of benzene rings is 1. The lowest BCUT2D eigenvalue weighted by Crippen LogP contribution is -2.31. The molecule has 6 heteroatoms. The Morgan fingerprint density at radius 1 is 1.30 bits per heavy atom. The summed E-state index contributed by atoms with van der Waals surface area (Å²) < 4.78 is 0.744. The van der Waals surface area contributed by atoms with Crippen LogP contribution in [0.25, 0.3) is 0 Å². The number of hydrogen-bond donors (Lipinski definition) is 1. The van der Waals surface area contributed by atoms with E-state index >= 15 is 0 Å². The highest BCUT2D eigenvalue weighted by molar-refractivity contribution is 7.16. The van der Waals surface area contributed by atoms with Gasteiger partial charge in [0.05, 0.1) is 4.34 Å². The number of anilines is 2. The minimum atomic E-state index is -0.0188. The van der Waals surface area contributed by atoms with Crippen LogP contribution in [0.1, 0.15) is 23.3 Å². The molecule has 2 amide bonds. The largest absolute Gasteiger partial charge is 0.326 e. The molecular weight excluding hydrogens is 332 g/mol. The number of carbonyl (C=O) groups excluding carboxylic acids is 2. The summed E-state index contributed by atoms with van der Waals surface area (Å²) in [4.78, 5) is 26.5. The zero-order valence-corrected chi connectivity index (χ0v) is 14.3. The summed E-state index contributed by atoms with van der Waals surface area (Å²) in [7, 11) is 1.78. The van der Waals surface area contributed by atoms with Gasteiger partial charge in [-0.25, -0.2) is 0 Å². The quantitative estimate of drug-likeness (QED) is 0.911. The molecule has 0 radical (unpaired) electrons. The average molecular weight is 349 g/mol. The number of carbonyl (C=O) groups is 2. The van der Waals surface area contributed by atoms with Crippen molar-refractivity contribution in [2.24, 2.45) is 0 Å². The van der Waals surface area contributed by atoms with Crippen LogP contribution in [0.15, 0.2) is 30.3 Å². The van der Waals surface area contributed by atoms with Gasteiger partial charge in [0, 0.05) is 36.1 Å². The number of thiophene rings is 1. The molecule has 0 spiro atoms. The monoisotopic (exact) mass is 348 g/mol. The van der Waals surface area contributed by atoms with E-state index in [1.807, 2.05) is 30.3 Å². The van der Waals surface area contributed by atoms with Crippen LogP contribution in [-0.2, 0) is 22.4 Å². The van der Waals surface area contributed by atoms with Crippen LogP contribution in [0.5, 0.6) is 0 Å². The van der Waals surface area contributed by atoms with Crippen LogP contribution < -0.4 is 10.2 Å². The summed E-state index contributed by atoms with van der Waals surface area (Å²) in [6, 6.07) is 9.49. The van der Waals surface area contributed by atoms with Gasteiger partial charge in [-0.1, -0.05) is 11.6 Å².